The molecule has 0 atom stereocenters. The predicted octanol–water partition coefficient (Wildman–Crippen LogP) is 2.93. The van der Waals surface area contributed by atoms with Crippen molar-refractivity contribution in [2.24, 2.45) is 0 Å². The van der Waals surface area contributed by atoms with Gasteiger partial charge >= 0.3 is 19.5 Å². The number of hydrogen-bond acceptors (Lipinski definition) is 7. The number of rotatable bonds is 7. The van der Waals surface area contributed by atoms with Gasteiger partial charge in [-0.25, -0.2) is 9.59 Å². The number of ether oxygens (including phenoxy) is 2. The van der Waals surface area contributed by atoms with Gasteiger partial charge in [-0.1, -0.05) is 0 Å². The Morgan fingerprint density at radius 2 is 1.21 bits per heavy atom. The highest BCUT2D eigenvalue weighted by molar-refractivity contribution is 7.62. The summed E-state index contributed by atoms with van der Waals surface area (Å²) in [7, 11) is -1.33. The Labute approximate surface area is 141 Å². The van der Waals surface area contributed by atoms with Crippen LogP contribution in [0.25, 0.3) is 0 Å². The number of methoxy groups -OCH3 is 2. The van der Waals surface area contributed by atoms with Crippen LogP contribution in [0, 0.1) is 0 Å². The summed E-state index contributed by atoms with van der Waals surface area (Å²) in [6.45, 7) is 6.84. The van der Waals surface area contributed by atoms with E-state index in [4.69, 9.17) is 9.05 Å². The van der Waals surface area contributed by atoms with Crippen LogP contribution in [0.1, 0.15) is 48.4 Å². The molecule has 0 aliphatic rings. The van der Waals surface area contributed by atoms with E-state index in [2.05, 4.69) is 9.47 Å². The third kappa shape index (κ3) is 5.16. The van der Waals surface area contributed by atoms with Gasteiger partial charge in [-0.3, -0.25) is 4.57 Å². The molecule has 0 unspecified atom stereocenters. The van der Waals surface area contributed by atoms with Crippen LogP contribution in [0.2, 0.25) is 0 Å². The third-order valence-corrected chi connectivity index (χ3v) is 5.06. The Kier molecular flexibility index (Phi) is 7.14. The smallest absolute Gasteiger partial charge is 0.361 e. The highest BCUT2D eigenvalue weighted by Crippen LogP contribution is 2.49. The molecule has 1 aromatic rings. The van der Waals surface area contributed by atoms with Crippen LogP contribution in [-0.2, 0) is 23.1 Å². The van der Waals surface area contributed by atoms with E-state index in [9.17, 15) is 14.2 Å². The number of esters is 2. The monoisotopic (exact) mass is 358 g/mol. The lowest BCUT2D eigenvalue weighted by atomic mass is 10.1. The Hall–Kier alpha value is -1.69. The van der Waals surface area contributed by atoms with E-state index >= 15 is 0 Å². The fourth-order valence-corrected chi connectivity index (χ4v) is 3.94. The fourth-order valence-electron chi connectivity index (χ4n) is 1.94. The quantitative estimate of drug-likeness (QED) is 0.547. The number of carbonyl (C=O) groups is 2. The Morgan fingerprint density at radius 3 is 1.50 bits per heavy atom. The second-order valence-corrected chi connectivity index (χ2v) is 7.49. The molecule has 134 valence electrons. The van der Waals surface area contributed by atoms with Crippen molar-refractivity contribution in [2.45, 2.75) is 39.9 Å². The maximum Gasteiger partial charge on any atom is 0.361 e. The van der Waals surface area contributed by atoms with Crippen LogP contribution in [0.15, 0.2) is 18.2 Å². The van der Waals surface area contributed by atoms with Crippen LogP contribution in [0.3, 0.4) is 0 Å². The van der Waals surface area contributed by atoms with Crippen LogP contribution < -0.4 is 5.30 Å². The molecule has 24 heavy (non-hydrogen) atoms. The topological polar surface area (TPSA) is 88.1 Å². The minimum Gasteiger partial charge on any atom is -0.465 e. The van der Waals surface area contributed by atoms with E-state index in [1.165, 1.54) is 32.4 Å². The molecule has 0 aromatic heterocycles. The summed E-state index contributed by atoms with van der Waals surface area (Å²) in [6.07, 6.45) is -0.782. The molecule has 1 aromatic carbocycles. The van der Waals surface area contributed by atoms with Gasteiger partial charge < -0.3 is 18.5 Å². The highest BCUT2D eigenvalue weighted by Gasteiger charge is 2.32. The molecular weight excluding hydrogens is 335 g/mol. The molecular formula is C16H23O7P. The van der Waals surface area contributed by atoms with Crippen LogP contribution >= 0.6 is 7.60 Å². The second-order valence-electron chi connectivity index (χ2n) is 5.56. The Morgan fingerprint density at radius 1 is 0.833 bits per heavy atom. The van der Waals surface area contributed by atoms with Crippen molar-refractivity contribution in [1.29, 1.82) is 0 Å². The first-order chi connectivity index (χ1) is 11.1. The summed E-state index contributed by atoms with van der Waals surface area (Å²) in [5.74, 6) is -1.36. The van der Waals surface area contributed by atoms with Crippen LogP contribution in [-0.4, -0.2) is 38.4 Å². The van der Waals surface area contributed by atoms with Crippen LogP contribution in [0.5, 0.6) is 0 Å². The molecule has 0 bridgehead atoms. The number of benzene rings is 1. The van der Waals surface area contributed by atoms with Gasteiger partial charge in [0.15, 0.2) is 0 Å². The van der Waals surface area contributed by atoms with E-state index in [1.807, 2.05) is 0 Å². The van der Waals surface area contributed by atoms with Gasteiger partial charge in [-0.15, -0.1) is 0 Å². The average Bonchev–Trinajstić information content (AvgIpc) is 2.51. The summed E-state index contributed by atoms with van der Waals surface area (Å²) >= 11 is 0. The minimum absolute atomic E-state index is 0.0512. The van der Waals surface area contributed by atoms with E-state index < -0.39 is 31.7 Å². The Bertz CT molecular complexity index is 604. The molecule has 0 aliphatic heterocycles. The summed E-state index contributed by atoms with van der Waals surface area (Å²) < 4.78 is 33.6. The zero-order valence-electron chi connectivity index (χ0n) is 14.7. The van der Waals surface area contributed by atoms with Crippen LogP contribution in [0.4, 0.5) is 0 Å². The summed E-state index contributed by atoms with van der Waals surface area (Å²) in [6, 6.07) is 3.98. The fraction of sp³-hybridized carbons (Fsp3) is 0.500. The molecule has 7 nitrogen and oxygen atoms in total. The van der Waals surface area contributed by atoms with Gasteiger partial charge in [0.25, 0.3) is 0 Å². The molecule has 0 radical (unpaired) electrons. The molecule has 0 N–H and O–H groups in total. The van der Waals surface area contributed by atoms with Crippen molar-refractivity contribution >= 4 is 24.8 Å². The van der Waals surface area contributed by atoms with Gasteiger partial charge in [0.2, 0.25) is 0 Å². The molecule has 0 amide bonds. The van der Waals surface area contributed by atoms with Crippen molar-refractivity contribution < 1.29 is 32.7 Å². The van der Waals surface area contributed by atoms with Crippen molar-refractivity contribution in [2.75, 3.05) is 14.2 Å². The summed E-state index contributed by atoms with van der Waals surface area (Å²) in [5.41, 5.74) is 0.102. The first kappa shape index (κ1) is 20.4. The molecule has 0 aliphatic carbocycles. The Balaban J connectivity index is 3.53. The van der Waals surface area contributed by atoms with Crippen molar-refractivity contribution in [3.63, 3.8) is 0 Å². The predicted molar refractivity (Wildman–Crippen MR) is 88.8 cm³/mol. The minimum atomic E-state index is -3.75. The number of carbonyl (C=O) groups excluding carboxylic acids is 2. The van der Waals surface area contributed by atoms with E-state index in [1.54, 1.807) is 27.7 Å². The third-order valence-electron chi connectivity index (χ3n) is 2.78. The van der Waals surface area contributed by atoms with Crippen molar-refractivity contribution in [1.82, 2.24) is 0 Å². The normalized spacial score (nSPS) is 11.7. The summed E-state index contributed by atoms with van der Waals surface area (Å²) in [5, 5.41) is 0.0909. The SMILES string of the molecule is COC(=O)c1cc(C(=O)OC)cc(P(=O)(OC(C)C)OC(C)C)c1. The maximum atomic E-state index is 13.2. The number of hydrogen-bond donors (Lipinski definition) is 0. The van der Waals surface area contributed by atoms with Crippen molar-refractivity contribution in [3.05, 3.63) is 29.3 Å². The van der Waals surface area contributed by atoms with E-state index in [0.717, 1.165) is 0 Å². The molecule has 1 rings (SSSR count). The van der Waals surface area contributed by atoms with Gasteiger partial charge in [-0.05, 0) is 45.9 Å². The molecule has 0 saturated carbocycles. The van der Waals surface area contributed by atoms with Gasteiger partial charge in [-0.2, -0.15) is 0 Å². The van der Waals surface area contributed by atoms with Gasteiger partial charge in [0.05, 0.1) is 42.9 Å². The highest BCUT2D eigenvalue weighted by atomic mass is 31.2. The molecule has 8 heteroatoms. The molecule has 0 fully saturated rings. The van der Waals surface area contributed by atoms with Gasteiger partial charge in [0, 0.05) is 0 Å². The van der Waals surface area contributed by atoms with Gasteiger partial charge in [0.1, 0.15) is 0 Å². The first-order valence-electron chi connectivity index (χ1n) is 7.42. The zero-order valence-corrected chi connectivity index (χ0v) is 15.6. The van der Waals surface area contributed by atoms with E-state index in [0.29, 0.717) is 0 Å². The van der Waals surface area contributed by atoms with E-state index in [-0.39, 0.29) is 16.4 Å². The standard InChI is InChI=1S/C16H23O7P/c1-10(2)22-24(19,23-11(3)4)14-8-12(15(17)20-5)7-13(9-14)16(18)21-6/h7-11H,1-6H3. The molecule has 0 spiro atoms. The molecule has 0 heterocycles. The average molecular weight is 358 g/mol. The second kappa shape index (κ2) is 8.42. The summed E-state index contributed by atoms with van der Waals surface area (Å²) in [4.78, 5) is 23.7. The lowest BCUT2D eigenvalue weighted by molar-refractivity contribution is 0.0599. The largest absolute Gasteiger partial charge is 0.465 e. The maximum absolute atomic E-state index is 13.2. The molecule has 0 saturated heterocycles. The first-order valence-corrected chi connectivity index (χ1v) is 8.96. The lowest BCUT2D eigenvalue weighted by Crippen LogP contribution is -2.20. The zero-order chi connectivity index (χ0) is 18.5. The lowest BCUT2D eigenvalue weighted by Gasteiger charge is -2.23. The van der Waals surface area contributed by atoms with Crippen molar-refractivity contribution in [3.8, 4) is 0 Å².